The maximum Gasteiger partial charge on any atom is 0.238 e. The van der Waals surface area contributed by atoms with E-state index in [1.54, 1.807) is 0 Å². The maximum absolute atomic E-state index is 11.3. The highest BCUT2D eigenvalue weighted by Gasteiger charge is 2.48. The van der Waals surface area contributed by atoms with Crippen LogP contribution in [0.25, 0.3) is 0 Å². The van der Waals surface area contributed by atoms with Crippen LogP contribution in [0, 0.1) is 17.8 Å². The van der Waals surface area contributed by atoms with Gasteiger partial charge in [0.1, 0.15) is 0 Å². The summed E-state index contributed by atoms with van der Waals surface area (Å²) in [5, 5.41) is 0. The predicted molar refractivity (Wildman–Crippen MR) is 44.6 cm³/mol. The van der Waals surface area contributed by atoms with Crippen LogP contribution in [0.2, 0.25) is 0 Å². The molecular weight excluding hydrogens is 154 g/mol. The van der Waals surface area contributed by atoms with E-state index >= 15 is 0 Å². The third-order valence-electron chi connectivity index (χ3n) is 3.43. The summed E-state index contributed by atoms with van der Waals surface area (Å²) in [7, 11) is 0. The number of carbonyl (C=O) groups excluding carboxylic acids is 1. The highest BCUT2D eigenvalue weighted by molar-refractivity contribution is 5.79. The van der Waals surface area contributed by atoms with Gasteiger partial charge in [-0.3, -0.25) is 10.2 Å². The van der Waals surface area contributed by atoms with Crippen LogP contribution >= 0.6 is 0 Å². The molecule has 4 heteroatoms. The van der Waals surface area contributed by atoms with Crippen LogP contribution in [0.4, 0.5) is 0 Å². The van der Waals surface area contributed by atoms with Crippen molar-refractivity contribution in [3.05, 3.63) is 0 Å². The summed E-state index contributed by atoms with van der Waals surface area (Å²) in [4.78, 5) is 11.3. The van der Waals surface area contributed by atoms with Crippen molar-refractivity contribution in [2.24, 2.45) is 29.3 Å². The highest BCUT2D eigenvalue weighted by atomic mass is 16.2. The average molecular weight is 169 g/mol. The lowest BCUT2D eigenvalue weighted by molar-refractivity contribution is -0.127. The molecule has 2 bridgehead atoms. The summed E-state index contributed by atoms with van der Waals surface area (Å²) < 4.78 is 0. The van der Waals surface area contributed by atoms with Gasteiger partial charge >= 0.3 is 0 Å². The second kappa shape index (κ2) is 2.71. The van der Waals surface area contributed by atoms with Gasteiger partial charge in [-0.1, -0.05) is 0 Å². The number of amides is 1. The van der Waals surface area contributed by atoms with Gasteiger partial charge in [0.15, 0.2) is 0 Å². The molecule has 0 saturated heterocycles. The first-order valence-corrected chi connectivity index (χ1v) is 4.50. The van der Waals surface area contributed by atoms with Gasteiger partial charge in [-0.15, -0.1) is 0 Å². The number of hydrogen-bond donors (Lipinski definition) is 3. The number of fused-ring (bicyclic) bond motifs is 2. The monoisotopic (exact) mass is 169 g/mol. The lowest BCUT2D eigenvalue weighted by Crippen LogP contribution is -2.47. The lowest BCUT2D eigenvalue weighted by atomic mass is 9.84. The Balaban J connectivity index is 2.12. The average Bonchev–Trinajstić information content (AvgIpc) is 2.63. The van der Waals surface area contributed by atoms with Gasteiger partial charge in [-0.05, 0) is 31.1 Å². The Kier molecular flexibility index (Phi) is 1.81. The Hall–Kier alpha value is -0.610. The Morgan fingerprint density at radius 2 is 2.00 bits per heavy atom. The van der Waals surface area contributed by atoms with E-state index in [1.165, 1.54) is 6.42 Å². The number of carbonyl (C=O) groups is 1. The largest absolute Gasteiger partial charge is 0.327 e. The van der Waals surface area contributed by atoms with Gasteiger partial charge < -0.3 is 5.73 Å². The summed E-state index contributed by atoms with van der Waals surface area (Å²) in [6.45, 7) is 0. The highest BCUT2D eigenvalue weighted by Crippen LogP contribution is 2.47. The van der Waals surface area contributed by atoms with Gasteiger partial charge in [-0.2, -0.15) is 0 Å². The van der Waals surface area contributed by atoms with Crippen LogP contribution < -0.4 is 17.0 Å². The Morgan fingerprint density at radius 1 is 1.33 bits per heavy atom. The zero-order valence-corrected chi connectivity index (χ0v) is 6.99. The first-order valence-electron chi connectivity index (χ1n) is 4.50. The van der Waals surface area contributed by atoms with Gasteiger partial charge in [0.05, 0.1) is 5.92 Å². The summed E-state index contributed by atoms with van der Waals surface area (Å²) in [6.07, 6.45) is 3.47. The number of hydrogen-bond acceptors (Lipinski definition) is 3. The molecule has 0 unspecified atom stereocenters. The first kappa shape index (κ1) is 8.01. The van der Waals surface area contributed by atoms with Crippen LogP contribution in [0.3, 0.4) is 0 Å². The second-order valence-electron chi connectivity index (χ2n) is 3.94. The minimum absolute atomic E-state index is 0.0197. The molecule has 2 rings (SSSR count). The Labute approximate surface area is 71.6 Å². The normalized spacial score (nSPS) is 44.8. The molecule has 0 heterocycles. The van der Waals surface area contributed by atoms with Crippen molar-refractivity contribution < 1.29 is 4.79 Å². The smallest absolute Gasteiger partial charge is 0.238 e. The molecule has 2 aliphatic carbocycles. The van der Waals surface area contributed by atoms with Gasteiger partial charge in [0, 0.05) is 6.04 Å². The number of nitrogens with one attached hydrogen (secondary N) is 1. The summed E-state index contributed by atoms with van der Waals surface area (Å²) in [5.41, 5.74) is 8.13. The third kappa shape index (κ3) is 0.949. The molecule has 5 N–H and O–H groups in total. The van der Waals surface area contributed by atoms with Crippen LogP contribution in [-0.4, -0.2) is 11.9 Å². The van der Waals surface area contributed by atoms with Crippen molar-refractivity contribution >= 4 is 5.91 Å². The molecule has 2 fully saturated rings. The van der Waals surface area contributed by atoms with Crippen LogP contribution in [0.15, 0.2) is 0 Å². The molecule has 12 heavy (non-hydrogen) atoms. The molecule has 0 aliphatic heterocycles. The summed E-state index contributed by atoms with van der Waals surface area (Å²) in [6, 6.07) is 0.0484. The zero-order chi connectivity index (χ0) is 8.72. The van der Waals surface area contributed by atoms with E-state index in [4.69, 9.17) is 11.6 Å². The van der Waals surface area contributed by atoms with E-state index in [0.29, 0.717) is 11.8 Å². The van der Waals surface area contributed by atoms with Gasteiger partial charge in [0.25, 0.3) is 0 Å². The summed E-state index contributed by atoms with van der Waals surface area (Å²) >= 11 is 0. The fourth-order valence-electron chi connectivity index (χ4n) is 2.82. The minimum Gasteiger partial charge on any atom is -0.327 e. The molecule has 0 aromatic carbocycles. The maximum atomic E-state index is 11.3. The SMILES string of the molecule is NNC(=O)[C@H]1[C@@H]2CC[C@@H](C2)[C@H]1N. The number of nitrogens with two attached hydrogens (primary N) is 2. The van der Waals surface area contributed by atoms with E-state index < -0.39 is 0 Å². The number of hydrazine groups is 1. The fraction of sp³-hybridized carbons (Fsp3) is 0.875. The van der Waals surface area contributed by atoms with Crippen molar-refractivity contribution in [2.45, 2.75) is 25.3 Å². The first-order chi connectivity index (χ1) is 5.74. The molecule has 1 amide bonds. The van der Waals surface area contributed by atoms with Crippen molar-refractivity contribution in [3.8, 4) is 0 Å². The van der Waals surface area contributed by atoms with E-state index in [0.717, 1.165) is 12.8 Å². The summed E-state index contributed by atoms with van der Waals surface area (Å²) in [5.74, 6) is 6.06. The third-order valence-corrected chi connectivity index (χ3v) is 3.43. The molecule has 68 valence electrons. The standard InChI is InChI=1S/C8H15N3O/c9-7-5-2-1-4(3-5)6(7)8(12)11-10/h4-7H,1-3,9-10H2,(H,11,12)/t4-,5+,6+,7-/m1/s1. The second-order valence-corrected chi connectivity index (χ2v) is 3.94. The molecule has 4 atom stereocenters. The van der Waals surface area contributed by atoms with Crippen molar-refractivity contribution in [1.29, 1.82) is 0 Å². The molecule has 4 nitrogen and oxygen atoms in total. The van der Waals surface area contributed by atoms with Crippen LogP contribution in [0.1, 0.15) is 19.3 Å². The van der Waals surface area contributed by atoms with E-state index in [-0.39, 0.29) is 17.9 Å². The van der Waals surface area contributed by atoms with Crippen molar-refractivity contribution in [1.82, 2.24) is 5.43 Å². The molecule has 2 aliphatic rings. The fourth-order valence-corrected chi connectivity index (χ4v) is 2.82. The topological polar surface area (TPSA) is 81.1 Å². The molecule has 0 radical (unpaired) electrons. The van der Waals surface area contributed by atoms with Gasteiger partial charge in [-0.25, -0.2) is 5.84 Å². The van der Waals surface area contributed by atoms with E-state index in [2.05, 4.69) is 5.43 Å². The number of rotatable bonds is 1. The molecule has 0 aromatic heterocycles. The molecule has 0 aromatic rings. The van der Waals surface area contributed by atoms with Crippen LogP contribution in [0.5, 0.6) is 0 Å². The molecule has 0 spiro atoms. The molecule has 2 saturated carbocycles. The van der Waals surface area contributed by atoms with Gasteiger partial charge in [0.2, 0.25) is 5.91 Å². The van der Waals surface area contributed by atoms with E-state index in [9.17, 15) is 4.79 Å². The quantitative estimate of drug-likeness (QED) is 0.277. The van der Waals surface area contributed by atoms with Crippen molar-refractivity contribution in [3.63, 3.8) is 0 Å². The zero-order valence-electron chi connectivity index (χ0n) is 6.99. The Morgan fingerprint density at radius 3 is 2.50 bits per heavy atom. The molecular formula is C8H15N3O. The Bertz CT molecular complexity index is 204. The lowest BCUT2D eigenvalue weighted by Gasteiger charge is -2.25. The minimum atomic E-state index is -0.0744. The van der Waals surface area contributed by atoms with Crippen LogP contribution in [-0.2, 0) is 4.79 Å². The van der Waals surface area contributed by atoms with Crippen molar-refractivity contribution in [2.75, 3.05) is 0 Å². The predicted octanol–water partition coefficient (Wildman–Crippen LogP) is -0.650. The van der Waals surface area contributed by atoms with E-state index in [1.807, 2.05) is 0 Å².